The predicted octanol–water partition coefficient (Wildman–Crippen LogP) is 2.12. The van der Waals surface area contributed by atoms with Crippen molar-refractivity contribution in [3.05, 3.63) is 66.0 Å². The van der Waals surface area contributed by atoms with Crippen LogP contribution in [0.5, 0.6) is 5.75 Å². The monoisotopic (exact) mass is 254 g/mol. The maximum absolute atomic E-state index is 11.6. The molecule has 0 saturated carbocycles. The molecule has 4 heteroatoms. The van der Waals surface area contributed by atoms with Crippen molar-refractivity contribution in [2.24, 2.45) is 0 Å². The second-order valence-corrected chi connectivity index (χ2v) is 4.01. The van der Waals surface area contributed by atoms with Crippen molar-refractivity contribution in [3.8, 4) is 5.75 Å². The lowest BCUT2D eigenvalue weighted by Crippen LogP contribution is -2.20. The lowest BCUT2D eigenvalue weighted by Gasteiger charge is -2.02. The zero-order valence-electron chi connectivity index (χ0n) is 10.3. The van der Waals surface area contributed by atoms with Crippen LogP contribution in [0.3, 0.4) is 0 Å². The highest BCUT2D eigenvalue weighted by atomic mass is 16.3. The molecular formula is C15H14N2O2. The van der Waals surface area contributed by atoms with E-state index in [2.05, 4.69) is 10.3 Å². The zero-order chi connectivity index (χ0) is 13.5. The summed E-state index contributed by atoms with van der Waals surface area (Å²) in [6.45, 7) is 0.380. The standard InChI is InChI=1S/C15H14N2O2/c18-14-5-1-3-13(9-14)11-17-15(19)7-6-12-4-2-8-16-10-12/h1-10,18H,11H2,(H,17,19)/b7-6+. The van der Waals surface area contributed by atoms with Gasteiger partial charge in [0.15, 0.2) is 0 Å². The van der Waals surface area contributed by atoms with Gasteiger partial charge < -0.3 is 10.4 Å². The molecule has 0 fully saturated rings. The summed E-state index contributed by atoms with van der Waals surface area (Å²) >= 11 is 0. The summed E-state index contributed by atoms with van der Waals surface area (Å²) < 4.78 is 0. The van der Waals surface area contributed by atoms with E-state index >= 15 is 0 Å². The number of rotatable bonds is 4. The number of nitrogens with one attached hydrogen (secondary N) is 1. The van der Waals surface area contributed by atoms with E-state index in [1.165, 1.54) is 6.08 Å². The van der Waals surface area contributed by atoms with E-state index < -0.39 is 0 Å². The first kappa shape index (κ1) is 12.8. The molecule has 0 spiro atoms. The molecule has 2 N–H and O–H groups in total. The zero-order valence-corrected chi connectivity index (χ0v) is 10.3. The highest BCUT2D eigenvalue weighted by Crippen LogP contribution is 2.10. The van der Waals surface area contributed by atoms with Gasteiger partial charge in [-0.15, -0.1) is 0 Å². The van der Waals surface area contributed by atoms with Crippen molar-refractivity contribution in [3.63, 3.8) is 0 Å². The predicted molar refractivity (Wildman–Crippen MR) is 73.2 cm³/mol. The van der Waals surface area contributed by atoms with Crippen LogP contribution in [0.15, 0.2) is 54.9 Å². The third-order valence-electron chi connectivity index (χ3n) is 2.49. The average molecular weight is 254 g/mol. The number of aromatic nitrogens is 1. The normalized spacial score (nSPS) is 10.5. The fraction of sp³-hybridized carbons (Fsp3) is 0.0667. The van der Waals surface area contributed by atoms with Crippen LogP contribution in [0.4, 0.5) is 0 Å². The molecule has 4 nitrogen and oxygen atoms in total. The molecular weight excluding hydrogens is 240 g/mol. The Balaban J connectivity index is 1.87. The van der Waals surface area contributed by atoms with Gasteiger partial charge in [0.2, 0.25) is 5.91 Å². The number of benzene rings is 1. The Labute approximate surface area is 111 Å². The fourth-order valence-electron chi connectivity index (χ4n) is 1.56. The summed E-state index contributed by atoms with van der Waals surface area (Å²) in [5.74, 6) is 0.00449. The number of carbonyl (C=O) groups excluding carboxylic acids is 1. The molecule has 19 heavy (non-hydrogen) atoms. The molecule has 1 aromatic carbocycles. The number of phenols is 1. The number of amides is 1. The third-order valence-corrected chi connectivity index (χ3v) is 2.49. The lowest BCUT2D eigenvalue weighted by atomic mass is 10.2. The first-order chi connectivity index (χ1) is 9.24. The Bertz CT molecular complexity index is 580. The Morgan fingerprint density at radius 2 is 2.21 bits per heavy atom. The molecule has 0 atom stereocenters. The first-order valence-electron chi connectivity index (χ1n) is 5.88. The van der Waals surface area contributed by atoms with Crippen LogP contribution < -0.4 is 5.32 Å². The second kappa shape index (κ2) is 6.35. The van der Waals surface area contributed by atoms with Gasteiger partial charge >= 0.3 is 0 Å². The van der Waals surface area contributed by atoms with Gasteiger partial charge in [0.1, 0.15) is 5.75 Å². The van der Waals surface area contributed by atoms with Gasteiger partial charge in [0.05, 0.1) is 0 Å². The summed E-state index contributed by atoms with van der Waals surface area (Å²) in [6, 6.07) is 10.5. The molecule has 0 aliphatic carbocycles. The van der Waals surface area contributed by atoms with Crippen LogP contribution >= 0.6 is 0 Å². The van der Waals surface area contributed by atoms with E-state index in [1.807, 2.05) is 18.2 Å². The molecule has 0 aliphatic rings. The molecule has 96 valence electrons. The minimum absolute atomic E-state index is 0.188. The van der Waals surface area contributed by atoms with Crippen molar-refractivity contribution >= 4 is 12.0 Å². The van der Waals surface area contributed by atoms with Crippen molar-refractivity contribution in [2.45, 2.75) is 6.54 Å². The maximum atomic E-state index is 11.6. The van der Waals surface area contributed by atoms with Gasteiger partial charge in [0, 0.05) is 25.0 Å². The number of carbonyl (C=O) groups is 1. The molecule has 0 radical (unpaired) electrons. The van der Waals surface area contributed by atoms with E-state index in [0.717, 1.165) is 11.1 Å². The highest BCUT2D eigenvalue weighted by Gasteiger charge is 1.97. The Morgan fingerprint density at radius 3 is 2.95 bits per heavy atom. The maximum Gasteiger partial charge on any atom is 0.244 e. The largest absolute Gasteiger partial charge is 0.508 e. The molecule has 2 aromatic rings. The van der Waals surface area contributed by atoms with E-state index in [9.17, 15) is 9.90 Å². The van der Waals surface area contributed by atoms with E-state index in [0.29, 0.717) is 6.54 Å². The quantitative estimate of drug-likeness (QED) is 0.821. The van der Waals surface area contributed by atoms with Crippen LogP contribution in [-0.4, -0.2) is 16.0 Å². The summed E-state index contributed by atoms with van der Waals surface area (Å²) in [7, 11) is 0. The summed E-state index contributed by atoms with van der Waals surface area (Å²) in [5, 5.41) is 12.0. The van der Waals surface area contributed by atoms with E-state index in [1.54, 1.807) is 36.7 Å². The van der Waals surface area contributed by atoms with Crippen molar-refractivity contribution in [1.82, 2.24) is 10.3 Å². The van der Waals surface area contributed by atoms with Gasteiger partial charge in [-0.25, -0.2) is 0 Å². The third kappa shape index (κ3) is 4.27. The van der Waals surface area contributed by atoms with Gasteiger partial charge in [-0.2, -0.15) is 0 Å². The van der Waals surface area contributed by atoms with Crippen LogP contribution in [0.2, 0.25) is 0 Å². The van der Waals surface area contributed by atoms with E-state index in [-0.39, 0.29) is 11.7 Å². The molecule has 0 unspecified atom stereocenters. The van der Waals surface area contributed by atoms with E-state index in [4.69, 9.17) is 0 Å². The molecule has 1 aromatic heterocycles. The van der Waals surface area contributed by atoms with Gasteiger partial charge in [0.25, 0.3) is 0 Å². The number of aromatic hydroxyl groups is 1. The van der Waals surface area contributed by atoms with Crippen LogP contribution in [-0.2, 0) is 11.3 Å². The average Bonchev–Trinajstić information content (AvgIpc) is 2.44. The van der Waals surface area contributed by atoms with Crippen molar-refractivity contribution < 1.29 is 9.90 Å². The topological polar surface area (TPSA) is 62.2 Å². The number of hydrogen-bond acceptors (Lipinski definition) is 3. The van der Waals surface area contributed by atoms with Gasteiger partial charge in [-0.3, -0.25) is 9.78 Å². The Kier molecular flexibility index (Phi) is 4.29. The van der Waals surface area contributed by atoms with Crippen LogP contribution in [0.1, 0.15) is 11.1 Å². The fourth-order valence-corrected chi connectivity index (χ4v) is 1.56. The first-order valence-corrected chi connectivity index (χ1v) is 5.88. The Morgan fingerprint density at radius 1 is 1.32 bits per heavy atom. The van der Waals surface area contributed by atoms with Crippen molar-refractivity contribution in [1.29, 1.82) is 0 Å². The van der Waals surface area contributed by atoms with Crippen LogP contribution in [0, 0.1) is 0 Å². The molecule has 2 rings (SSSR count). The summed E-state index contributed by atoms with van der Waals surface area (Å²) in [6.07, 6.45) is 6.52. The number of hydrogen-bond donors (Lipinski definition) is 2. The summed E-state index contributed by atoms with van der Waals surface area (Å²) in [5.41, 5.74) is 1.72. The summed E-state index contributed by atoms with van der Waals surface area (Å²) in [4.78, 5) is 15.5. The smallest absolute Gasteiger partial charge is 0.244 e. The van der Waals surface area contributed by atoms with Crippen molar-refractivity contribution in [2.75, 3.05) is 0 Å². The highest BCUT2D eigenvalue weighted by molar-refractivity contribution is 5.91. The Hall–Kier alpha value is -2.62. The van der Waals surface area contributed by atoms with Crippen LogP contribution in [0.25, 0.3) is 6.08 Å². The molecule has 0 bridgehead atoms. The molecule has 0 aliphatic heterocycles. The molecule has 1 heterocycles. The van der Waals surface area contributed by atoms with Gasteiger partial charge in [-0.05, 0) is 35.4 Å². The minimum Gasteiger partial charge on any atom is -0.508 e. The minimum atomic E-state index is -0.188. The number of pyridine rings is 1. The van der Waals surface area contributed by atoms with Gasteiger partial charge in [-0.1, -0.05) is 18.2 Å². The SMILES string of the molecule is O=C(/C=C/c1cccnc1)NCc1cccc(O)c1. The number of phenolic OH excluding ortho intramolecular Hbond substituents is 1. The second-order valence-electron chi connectivity index (χ2n) is 4.01. The lowest BCUT2D eigenvalue weighted by molar-refractivity contribution is -0.116. The molecule has 1 amide bonds. The number of nitrogens with zero attached hydrogens (tertiary/aromatic N) is 1. The molecule has 0 saturated heterocycles.